The molecule has 0 fully saturated rings. The van der Waals surface area contributed by atoms with Crippen LogP contribution >= 0.6 is 0 Å². The van der Waals surface area contributed by atoms with Crippen LogP contribution in [-0.4, -0.2) is 0 Å². The molecule has 2 heteroatoms. The van der Waals surface area contributed by atoms with Crippen LogP contribution < -0.4 is 10.6 Å². The lowest BCUT2D eigenvalue weighted by Gasteiger charge is -2.10. The van der Waals surface area contributed by atoms with Crippen molar-refractivity contribution in [2.45, 2.75) is 0 Å². The number of nitrogens with one attached hydrogen (secondary N) is 2. The van der Waals surface area contributed by atoms with Crippen molar-refractivity contribution in [3.63, 3.8) is 0 Å². The molecule has 0 aliphatic rings. The topological polar surface area (TPSA) is 24.1 Å². The molecule has 0 heterocycles. The van der Waals surface area contributed by atoms with E-state index in [4.69, 9.17) is 0 Å². The zero-order valence-corrected chi connectivity index (χ0v) is 19.9. The van der Waals surface area contributed by atoms with Gasteiger partial charge in [0.15, 0.2) is 0 Å². The van der Waals surface area contributed by atoms with E-state index < -0.39 is 0 Å². The molecule has 6 rings (SSSR count). The van der Waals surface area contributed by atoms with Gasteiger partial charge < -0.3 is 10.6 Å². The lowest BCUT2D eigenvalue weighted by Crippen LogP contribution is -1.91. The quantitative estimate of drug-likeness (QED) is 0.257. The standard InChI is InChI=1S/C34H26N2/c1-2-6-25(7-3-1)27-10-17-31(18-11-27)35-32-19-12-28(13-20-32)29-14-21-33(22-15-29)36-34-23-16-26-8-4-5-9-30(26)24-34/h1-24,35-36H. The minimum Gasteiger partial charge on any atom is -0.356 e. The van der Waals surface area contributed by atoms with Gasteiger partial charge in [-0.3, -0.25) is 0 Å². The highest BCUT2D eigenvalue weighted by molar-refractivity contribution is 5.86. The average molecular weight is 463 g/mol. The Balaban J connectivity index is 1.11. The van der Waals surface area contributed by atoms with Gasteiger partial charge in [-0.25, -0.2) is 0 Å². The molecule has 0 aliphatic carbocycles. The van der Waals surface area contributed by atoms with E-state index in [0.717, 1.165) is 22.7 Å². The van der Waals surface area contributed by atoms with Crippen molar-refractivity contribution in [3.8, 4) is 22.3 Å². The molecule has 0 bridgehead atoms. The molecule has 0 unspecified atom stereocenters. The predicted octanol–water partition coefficient (Wildman–Crippen LogP) is 9.66. The molecule has 36 heavy (non-hydrogen) atoms. The van der Waals surface area contributed by atoms with Crippen LogP contribution in [0.2, 0.25) is 0 Å². The molecule has 0 radical (unpaired) electrons. The summed E-state index contributed by atoms with van der Waals surface area (Å²) in [5.41, 5.74) is 9.14. The van der Waals surface area contributed by atoms with E-state index in [1.165, 1.54) is 33.0 Å². The third kappa shape index (κ3) is 4.84. The van der Waals surface area contributed by atoms with Gasteiger partial charge in [0.2, 0.25) is 0 Å². The summed E-state index contributed by atoms with van der Waals surface area (Å²) in [5, 5.41) is 9.50. The molecule has 172 valence electrons. The van der Waals surface area contributed by atoms with Crippen LogP contribution in [0.5, 0.6) is 0 Å². The SMILES string of the molecule is c1ccc(-c2ccc(Nc3ccc(-c4ccc(Nc5ccc6ccccc6c5)cc4)cc3)cc2)cc1. The smallest absolute Gasteiger partial charge is 0.0390 e. The molecule has 0 atom stereocenters. The molecular weight excluding hydrogens is 436 g/mol. The van der Waals surface area contributed by atoms with Gasteiger partial charge in [0.1, 0.15) is 0 Å². The van der Waals surface area contributed by atoms with Gasteiger partial charge >= 0.3 is 0 Å². The second-order valence-electron chi connectivity index (χ2n) is 8.91. The van der Waals surface area contributed by atoms with E-state index in [1.54, 1.807) is 0 Å². The summed E-state index contributed by atoms with van der Waals surface area (Å²) in [6.07, 6.45) is 0. The average Bonchev–Trinajstić information content (AvgIpc) is 2.95. The Bertz CT molecular complexity index is 1580. The molecule has 6 aromatic carbocycles. The van der Waals surface area contributed by atoms with Crippen molar-refractivity contribution < 1.29 is 0 Å². The van der Waals surface area contributed by atoms with Gasteiger partial charge in [0.25, 0.3) is 0 Å². The van der Waals surface area contributed by atoms with Crippen LogP contribution in [-0.2, 0) is 0 Å². The summed E-state index contributed by atoms with van der Waals surface area (Å²) >= 11 is 0. The number of benzene rings is 6. The number of rotatable bonds is 6. The fourth-order valence-corrected chi connectivity index (χ4v) is 4.47. The Kier molecular flexibility index (Phi) is 5.91. The Morgan fingerprint density at radius 1 is 0.278 bits per heavy atom. The molecule has 0 amide bonds. The van der Waals surface area contributed by atoms with Gasteiger partial charge in [-0.2, -0.15) is 0 Å². The molecule has 0 aliphatic heterocycles. The maximum absolute atomic E-state index is 3.52. The van der Waals surface area contributed by atoms with Crippen molar-refractivity contribution in [1.82, 2.24) is 0 Å². The summed E-state index contributed by atoms with van der Waals surface area (Å²) < 4.78 is 0. The first-order valence-corrected chi connectivity index (χ1v) is 12.2. The van der Waals surface area contributed by atoms with Gasteiger partial charge in [-0.05, 0) is 81.6 Å². The summed E-state index contributed by atoms with van der Waals surface area (Å²) in [6, 6.07) is 51.0. The van der Waals surface area contributed by atoms with Crippen molar-refractivity contribution in [1.29, 1.82) is 0 Å². The summed E-state index contributed by atoms with van der Waals surface area (Å²) in [4.78, 5) is 0. The van der Waals surface area contributed by atoms with E-state index in [2.05, 4.69) is 150 Å². The van der Waals surface area contributed by atoms with E-state index >= 15 is 0 Å². The van der Waals surface area contributed by atoms with Crippen LogP contribution in [0.4, 0.5) is 22.7 Å². The molecule has 0 spiro atoms. The highest BCUT2D eigenvalue weighted by atomic mass is 14.9. The van der Waals surface area contributed by atoms with Crippen molar-refractivity contribution in [3.05, 3.63) is 146 Å². The fraction of sp³-hybridized carbons (Fsp3) is 0. The fourth-order valence-electron chi connectivity index (χ4n) is 4.47. The highest BCUT2D eigenvalue weighted by Crippen LogP contribution is 2.28. The van der Waals surface area contributed by atoms with Gasteiger partial charge in [-0.1, -0.05) is 97.1 Å². The molecule has 6 aromatic rings. The normalized spacial score (nSPS) is 10.8. The van der Waals surface area contributed by atoms with Crippen molar-refractivity contribution in [2.75, 3.05) is 10.6 Å². The molecule has 2 nitrogen and oxygen atoms in total. The lowest BCUT2D eigenvalue weighted by molar-refractivity contribution is 1.53. The zero-order valence-electron chi connectivity index (χ0n) is 19.9. The maximum atomic E-state index is 3.52. The Morgan fingerprint density at radius 3 is 1.19 bits per heavy atom. The number of fused-ring (bicyclic) bond motifs is 1. The van der Waals surface area contributed by atoms with E-state index in [9.17, 15) is 0 Å². The van der Waals surface area contributed by atoms with E-state index in [0.29, 0.717) is 0 Å². The molecule has 0 saturated heterocycles. The number of hydrogen-bond acceptors (Lipinski definition) is 2. The molecule has 0 aromatic heterocycles. The summed E-state index contributed by atoms with van der Waals surface area (Å²) in [6.45, 7) is 0. The second kappa shape index (κ2) is 9.81. The zero-order chi connectivity index (χ0) is 24.2. The highest BCUT2D eigenvalue weighted by Gasteiger charge is 2.02. The van der Waals surface area contributed by atoms with Gasteiger partial charge in [0.05, 0.1) is 0 Å². The van der Waals surface area contributed by atoms with E-state index in [1.807, 2.05) is 6.07 Å². The third-order valence-electron chi connectivity index (χ3n) is 6.42. The first-order chi connectivity index (χ1) is 17.8. The first kappa shape index (κ1) is 21.7. The maximum Gasteiger partial charge on any atom is 0.0390 e. The molecule has 2 N–H and O–H groups in total. The van der Waals surface area contributed by atoms with Gasteiger partial charge in [0, 0.05) is 22.7 Å². The van der Waals surface area contributed by atoms with Crippen LogP contribution in [0.15, 0.2) is 146 Å². The summed E-state index contributed by atoms with van der Waals surface area (Å²) in [5.74, 6) is 0. The Morgan fingerprint density at radius 2 is 0.667 bits per heavy atom. The van der Waals surface area contributed by atoms with Crippen LogP contribution in [0.1, 0.15) is 0 Å². The predicted molar refractivity (Wildman–Crippen MR) is 154 cm³/mol. The van der Waals surface area contributed by atoms with Gasteiger partial charge in [-0.15, -0.1) is 0 Å². The third-order valence-corrected chi connectivity index (χ3v) is 6.42. The summed E-state index contributed by atoms with van der Waals surface area (Å²) in [7, 11) is 0. The van der Waals surface area contributed by atoms with Crippen molar-refractivity contribution >= 4 is 33.5 Å². The van der Waals surface area contributed by atoms with E-state index in [-0.39, 0.29) is 0 Å². The Labute approximate surface area is 211 Å². The number of anilines is 4. The number of hydrogen-bond donors (Lipinski definition) is 2. The Hall–Kier alpha value is -4.82. The first-order valence-electron chi connectivity index (χ1n) is 12.2. The van der Waals surface area contributed by atoms with Crippen LogP contribution in [0.3, 0.4) is 0 Å². The lowest BCUT2D eigenvalue weighted by atomic mass is 10.0. The molecular formula is C34H26N2. The minimum absolute atomic E-state index is 1.07. The second-order valence-corrected chi connectivity index (χ2v) is 8.91. The van der Waals surface area contributed by atoms with Crippen molar-refractivity contribution in [2.24, 2.45) is 0 Å². The minimum atomic E-state index is 1.07. The van der Waals surface area contributed by atoms with Crippen LogP contribution in [0.25, 0.3) is 33.0 Å². The van der Waals surface area contributed by atoms with Crippen LogP contribution in [0, 0.1) is 0 Å². The molecule has 0 saturated carbocycles. The largest absolute Gasteiger partial charge is 0.356 e. The monoisotopic (exact) mass is 462 g/mol.